The van der Waals surface area contributed by atoms with Crippen molar-refractivity contribution < 1.29 is 14.3 Å². The molecule has 9 heteroatoms. The Morgan fingerprint density at radius 1 is 1.09 bits per heavy atom. The van der Waals surface area contributed by atoms with Crippen molar-refractivity contribution in [1.82, 2.24) is 29.5 Å². The SMILES string of the molecule is O=C(CN1CCOC1=O)N1CCCN(CCn2cnnc2)CC1. The van der Waals surface area contributed by atoms with Gasteiger partial charge in [-0.05, 0) is 13.0 Å². The van der Waals surface area contributed by atoms with Gasteiger partial charge < -0.3 is 14.2 Å². The number of amides is 2. The molecule has 23 heavy (non-hydrogen) atoms. The second-order valence-electron chi connectivity index (χ2n) is 5.81. The number of rotatable bonds is 5. The molecule has 3 heterocycles. The van der Waals surface area contributed by atoms with Crippen LogP contribution in [0.4, 0.5) is 4.79 Å². The topological polar surface area (TPSA) is 83.8 Å². The molecule has 0 aromatic carbocycles. The zero-order chi connectivity index (χ0) is 16.1. The monoisotopic (exact) mass is 322 g/mol. The van der Waals surface area contributed by atoms with Gasteiger partial charge in [-0.1, -0.05) is 0 Å². The average molecular weight is 322 g/mol. The summed E-state index contributed by atoms with van der Waals surface area (Å²) >= 11 is 0. The number of carbonyl (C=O) groups is 2. The van der Waals surface area contributed by atoms with E-state index in [0.717, 1.165) is 39.1 Å². The van der Waals surface area contributed by atoms with Crippen LogP contribution in [0, 0.1) is 0 Å². The van der Waals surface area contributed by atoms with Gasteiger partial charge in [-0.15, -0.1) is 10.2 Å². The molecule has 0 saturated carbocycles. The van der Waals surface area contributed by atoms with E-state index >= 15 is 0 Å². The summed E-state index contributed by atoms with van der Waals surface area (Å²) in [6.07, 6.45) is 3.98. The average Bonchev–Trinajstić information content (AvgIpc) is 3.13. The zero-order valence-electron chi connectivity index (χ0n) is 13.1. The Labute approximate surface area is 134 Å². The summed E-state index contributed by atoms with van der Waals surface area (Å²) in [5.41, 5.74) is 0. The van der Waals surface area contributed by atoms with E-state index in [2.05, 4.69) is 15.1 Å². The molecule has 9 nitrogen and oxygen atoms in total. The van der Waals surface area contributed by atoms with Crippen molar-refractivity contribution in [2.24, 2.45) is 0 Å². The number of cyclic esters (lactones) is 1. The van der Waals surface area contributed by atoms with Crippen molar-refractivity contribution in [2.75, 3.05) is 52.4 Å². The fourth-order valence-electron chi connectivity index (χ4n) is 2.87. The van der Waals surface area contributed by atoms with Crippen LogP contribution in [0.1, 0.15) is 6.42 Å². The Morgan fingerprint density at radius 2 is 1.91 bits per heavy atom. The predicted octanol–water partition coefficient (Wildman–Crippen LogP) is -0.735. The molecule has 0 radical (unpaired) electrons. The predicted molar refractivity (Wildman–Crippen MR) is 80.6 cm³/mol. The molecule has 1 aromatic rings. The van der Waals surface area contributed by atoms with Gasteiger partial charge in [0.2, 0.25) is 5.91 Å². The van der Waals surface area contributed by atoms with Gasteiger partial charge >= 0.3 is 6.09 Å². The summed E-state index contributed by atoms with van der Waals surface area (Å²) in [6, 6.07) is 0. The molecule has 0 N–H and O–H groups in total. The summed E-state index contributed by atoms with van der Waals surface area (Å²) < 4.78 is 6.81. The summed E-state index contributed by atoms with van der Waals surface area (Å²) in [4.78, 5) is 29.4. The van der Waals surface area contributed by atoms with Crippen molar-refractivity contribution in [3.63, 3.8) is 0 Å². The van der Waals surface area contributed by atoms with E-state index in [9.17, 15) is 9.59 Å². The van der Waals surface area contributed by atoms with Crippen LogP contribution >= 0.6 is 0 Å². The maximum atomic E-state index is 12.3. The van der Waals surface area contributed by atoms with Crippen LogP contribution in [0.25, 0.3) is 0 Å². The van der Waals surface area contributed by atoms with Crippen LogP contribution < -0.4 is 0 Å². The molecule has 126 valence electrons. The largest absolute Gasteiger partial charge is 0.448 e. The van der Waals surface area contributed by atoms with Gasteiger partial charge in [0.15, 0.2) is 0 Å². The molecule has 0 bridgehead atoms. The zero-order valence-corrected chi connectivity index (χ0v) is 13.1. The Balaban J connectivity index is 1.44. The third-order valence-electron chi connectivity index (χ3n) is 4.25. The Bertz CT molecular complexity index is 535. The third kappa shape index (κ3) is 4.19. The highest BCUT2D eigenvalue weighted by Gasteiger charge is 2.27. The molecule has 0 spiro atoms. The van der Waals surface area contributed by atoms with E-state index < -0.39 is 0 Å². The second-order valence-corrected chi connectivity index (χ2v) is 5.81. The first-order chi connectivity index (χ1) is 11.2. The van der Waals surface area contributed by atoms with Crippen molar-refractivity contribution in [3.05, 3.63) is 12.7 Å². The molecule has 1 aromatic heterocycles. The smallest absolute Gasteiger partial charge is 0.410 e. The van der Waals surface area contributed by atoms with E-state index in [1.165, 1.54) is 4.90 Å². The van der Waals surface area contributed by atoms with Crippen LogP contribution in [-0.2, 0) is 16.1 Å². The van der Waals surface area contributed by atoms with E-state index in [4.69, 9.17) is 4.74 Å². The summed E-state index contributed by atoms with van der Waals surface area (Å²) in [7, 11) is 0. The van der Waals surface area contributed by atoms with Crippen LogP contribution in [0.3, 0.4) is 0 Å². The third-order valence-corrected chi connectivity index (χ3v) is 4.25. The molecule has 2 fully saturated rings. The number of hydrogen-bond acceptors (Lipinski definition) is 6. The lowest BCUT2D eigenvalue weighted by Crippen LogP contribution is -2.42. The van der Waals surface area contributed by atoms with Crippen molar-refractivity contribution in [1.29, 1.82) is 0 Å². The lowest BCUT2D eigenvalue weighted by molar-refractivity contribution is -0.131. The lowest BCUT2D eigenvalue weighted by atomic mass is 10.3. The van der Waals surface area contributed by atoms with Crippen molar-refractivity contribution in [2.45, 2.75) is 13.0 Å². The number of aromatic nitrogens is 3. The Kier molecular flexibility index (Phi) is 5.06. The molecule has 0 atom stereocenters. The lowest BCUT2D eigenvalue weighted by Gasteiger charge is -2.23. The minimum absolute atomic E-state index is 0.00418. The van der Waals surface area contributed by atoms with Gasteiger partial charge in [0.1, 0.15) is 25.8 Å². The summed E-state index contributed by atoms with van der Waals surface area (Å²) in [5.74, 6) is 0.00418. The van der Waals surface area contributed by atoms with E-state index in [1.54, 1.807) is 12.7 Å². The van der Waals surface area contributed by atoms with Crippen LogP contribution in [-0.4, -0.2) is 93.9 Å². The molecule has 2 amide bonds. The normalized spacial score (nSPS) is 19.7. The van der Waals surface area contributed by atoms with Gasteiger partial charge in [0.25, 0.3) is 0 Å². The number of nitrogens with zero attached hydrogens (tertiary/aromatic N) is 6. The number of ether oxygens (including phenoxy) is 1. The highest BCUT2D eigenvalue weighted by Crippen LogP contribution is 2.07. The molecule has 0 unspecified atom stereocenters. The minimum Gasteiger partial charge on any atom is -0.448 e. The molecule has 3 rings (SSSR count). The standard InChI is InChI=1S/C14H22N6O3/c21-13(10-20-8-9-23-14(20)22)19-3-1-2-17(6-7-19)4-5-18-11-15-16-12-18/h11-12H,1-10H2. The van der Waals surface area contributed by atoms with Gasteiger partial charge in [-0.25, -0.2) is 4.79 Å². The molecule has 2 saturated heterocycles. The minimum atomic E-state index is -0.385. The van der Waals surface area contributed by atoms with Crippen molar-refractivity contribution in [3.8, 4) is 0 Å². The van der Waals surface area contributed by atoms with Crippen LogP contribution in [0.2, 0.25) is 0 Å². The molecule has 2 aliphatic heterocycles. The first kappa shape index (κ1) is 15.7. The first-order valence-electron chi connectivity index (χ1n) is 7.96. The summed E-state index contributed by atoms with van der Waals surface area (Å²) in [5, 5.41) is 7.59. The summed E-state index contributed by atoms with van der Waals surface area (Å²) in [6.45, 7) is 6.02. The van der Waals surface area contributed by atoms with Crippen LogP contribution in [0.5, 0.6) is 0 Å². The van der Waals surface area contributed by atoms with E-state index in [1.807, 2.05) is 9.47 Å². The Morgan fingerprint density at radius 3 is 2.65 bits per heavy atom. The van der Waals surface area contributed by atoms with E-state index in [-0.39, 0.29) is 18.5 Å². The highest BCUT2D eigenvalue weighted by molar-refractivity contribution is 5.82. The van der Waals surface area contributed by atoms with Gasteiger partial charge in [-0.3, -0.25) is 14.6 Å². The first-order valence-corrected chi connectivity index (χ1v) is 7.96. The maximum absolute atomic E-state index is 12.3. The fraction of sp³-hybridized carbons (Fsp3) is 0.714. The van der Waals surface area contributed by atoms with Gasteiger partial charge in [0.05, 0.1) is 6.54 Å². The highest BCUT2D eigenvalue weighted by atomic mass is 16.6. The fourth-order valence-corrected chi connectivity index (χ4v) is 2.87. The number of hydrogen-bond donors (Lipinski definition) is 0. The molecular formula is C14H22N6O3. The molecule has 0 aliphatic carbocycles. The van der Waals surface area contributed by atoms with Crippen LogP contribution in [0.15, 0.2) is 12.7 Å². The van der Waals surface area contributed by atoms with Gasteiger partial charge in [-0.2, -0.15) is 0 Å². The molecular weight excluding hydrogens is 300 g/mol. The van der Waals surface area contributed by atoms with Gasteiger partial charge in [0, 0.05) is 32.7 Å². The molecule has 2 aliphatic rings. The Hall–Kier alpha value is -2.16. The maximum Gasteiger partial charge on any atom is 0.410 e. The second kappa shape index (κ2) is 7.40. The van der Waals surface area contributed by atoms with E-state index in [0.29, 0.717) is 19.7 Å². The van der Waals surface area contributed by atoms with Crippen molar-refractivity contribution >= 4 is 12.0 Å². The quantitative estimate of drug-likeness (QED) is 0.710. The number of carbonyl (C=O) groups excluding carboxylic acids is 2.